The molecular formula is C48H87NO6. The minimum absolute atomic E-state index is 0.0280. The summed E-state index contributed by atoms with van der Waals surface area (Å²) in [5.41, 5.74) is 0. The number of ether oxygens (including phenoxy) is 3. The van der Waals surface area contributed by atoms with Gasteiger partial charge in [-0.15, -0.1) is 0 Å². The Morgan fingerprint density at radius 3 is 1.62 bits per heavy atom. The van der Waals surface area contributed by atoms with Gasteiger partial charge in [-0.2, -0.15) is 0 Å². The van der Waals surface area contributed by atoms with Crippen molar-refractivity contribution in [2.75, 3.05) is 33.9 Å². The number of carbonyl (C=O) groups is 3. The van der Waals surface area contributed by atoms with Gasteiger partial charge in [-0.25, -0.2) is 0 Å². The monoisotopic (exact) mass is 774 g/mol. The van der Waals surface area contributed by atoms with Crippen LogP contribution < -0.4 is 0 Å². The molecule has 7 nitrogen and oxygen atoms in total. The first-order valence-corrected chi connectivity index (χ1v) is 22.9. The quantitative estimate of drug-likeness (QED) is 0.0265. The van der Waals surface area contributed by atoms with Crippen LogP contribution in [0.1, 0.15) is 207 Å². The van der Waals surface area contributed by atoms with Gasteiger partial charge in [-0.3, -0.25) is 14.4 Å². The number of allylic oxidation sites excluding steroid dienone is 5. The fourth-order valence-corrected chi connectivity index (χ4v) is 6.77. The third kappa shape index (κ3) is 39.6. The molecule has 0 aliphatic rings. The van der Waals surface area contributed by atoms with Crippen molar-refractivity contribution in [3.63, 3.8) is 0 Å². The summed E-state index contributed by atoms with van der Waals surface area (Å²) in [6.07, 6.45) is 42.2. The Morgan fingerprint density at radius 1 is 0.509 bits per heavy atom. The summed E-state index contributed by atoms with van der Waals surface area (Å²) >= 11 is 0. The molecule has 0 aromatic heterocycles. The first kappa shape index (κ1) is 52.6. The topological polar surface area (TPSA) is 82.1 Å². The Labute approximate surface area is 339 Å². The minimum Gasteiger partial charge on any atom is -0.466 e. The first-order valence-electron chi connectivity index (χ1n) is 22.9. The van der Waals surface area contributed by atoms with E-state index in [-0.39, 0.29) is 24.0 Å². The molecule has 7 heteroatoms. The van der Waals surface area contributed by atoms with Gasteiger partial charge in [0.25, 0.3) is 0 Å². The number of esters is 3. The molecule has 0 heterocycles. The van der Waals surface area contributed by atoms with E-state index in [9.17, 15) is 14.4 Å². The fourth-order valence-electron chi connectivity index (χ4n) is 6.77. The second-order valence-electron chi connectivity index (χ2n) is 15.8. The third-order valence-corrected chi connectivity index (χ3v) is 10.1. The summed E-state index contributed by atoms with van der Waals surface area (Å²) in [4.78, 5) is 39.6. The highest BCUT2D eigenvalue weighted by atomic mass is 16.5. The lowest BCUT2D eigenvalue weighted by molar-refractivity contribution is -0.150. The summed E-state index contributed by atoms with van der Waals surface area (Å²) < 4.78 is 16.9. The largest absolute Gasteiger partial charge is 0.466 e. The summed E-state index contributed by atoms with van der Waals surface area (Å²) in [5, 5.41) is 0. The van der Waals surface area contributed by atoms with Crippen LogP contribution in [0, 0.1) is 5.92 Å². The SMILES string of the molecule is CC/C=C/CCCC(CCC/C=C/CC)OC(=O)CCCCCCCC(CCCCCCCC(=O)OC/C=C/CCCCCC)CC(=O)OCCCN(C)C. The van der Waals surface area contributed by atoms with Crippen molar-refractivity contribution >= 4 is 17.9 Å². The highest BCUT2D eigenvalue weighted by Gasteiger charge is 2.16. The number of hydrogen-bond donors (Lipinski definition) is 0. The van der Waals surface area contributed by atoms with Crippen LogP contribution in [-0.2, 0) is 28.6 Å². The van der Waals surface area contributed by atoms with Crippen molar-refractivity contribution in [1.82, 2.24) is 4.90 Å². The van der Waals surface area contributed by atoms with Gasteiger partial charge in [-0.1, -0.05) is 128 Å². The van der Waals surface area contributed by atoms with E-state index in [0.29, 0.717) is 38.4 Å². The maximum atomic E-state index is 12.7. The summed E-state index contributed by atoms with van der Waals surface area (Å²) in [7, 11) is 4.07. The predicted octanol–water partition coefficient (Wildman–Crippen LogP) is 13.2. The van der Waals surface area contributed by atoms with Crippen LogP contribution in [0.15, 0.2) is 36.5 Å². The summed E-state index contributed by atoms with van der Waals surface area (Å²) in [6, 6.07) is 0. The van der Waals surface area contributed by atoms with E-state index in [0.717, 1.165) is 148 Å². The average Bonchev–Trinajstić information content (AvgIpc) is 3.16. The second-order valence-corrected chi connectivity index (χ2v) is 15.8. The molecule has 320 valence electrons. The highest BCUT2D eigenvalue weighted by molar-refractivity contribution is 5.70. The van der Waals surface area contributed by atoms with E-state index in [2.05, 4.69) is 56.1 Å². The Hall–Kier alpha value is -2.41. The van der Waals surface area contributed by atoms with Crippen LogP contribution in [0.25, 0.3) is 0 Å². The van der Waals surface area contributed by atoms with Gasteiger partial charge in [-0.05, 0) is 116 Å². The number of hydrogen-bond acceptors (Lipinski definition) is 7. The van der Waals surface area contributed by atoms with E-state index < -0.39 is 0 Å². The van der Waals surface area contributed by atoms with E-state index >= 15 is 0 Å². The molecule has 0 aliphatic heterocycles. The van der Waals surface area contributed by atoms with E-state index in [1.165, 1.54) is 25.7 Å². The lowest BCUT2D eigenvalue weighted by atomic mass is 9.91. The van der Waals surface area contributed by atoms with Crippen LogP contribution in [0.5, 0.6) is 0 Å². The maximum absolute atomic E-state index is 12.7. The van der Waals surface area contributed by atoms with Crippen molar-refractivity contribution in [2.24, 2.45) is 5.92 Å². The maximum Gasteiger partial charge on any atom is 0.306 e. The zero-order valence-corrected chi connectivity index (χ0v) is 36.6. The molecule has 1 unspecified atom stereocenters. The molecule has 55 heavy (non-hydrogen) atoms. The number of carbonyl (C=O) groups excluding carboxylic acids is 3. The van der Waals surface area contributed by atoms with E-state index in [1.807, 2.05) is 20.2 Å². The molecule has 0 rings (SSSR count). The van der Waals surface area contributed by atoms with Crippen molar-refractivity contribution in [1.29, 1.82) is 0 Å². The second kappa shape index (κ2) is 41.2. The molecule has 0 aromatic carbocycles. The Bertz CT molecular complexity index is 953. The molecule has 0 fully saturated rings. The van der Waals surface area contributed by atoms with Crippen LogP contribution in [-0.4, -0.2) is 62.8 Å². The molecule has 0 bridgehead atoms. The van der Waals surface area contributed by atoms with Crippen molar-refractivity contribution in [3.05, 3.63) is 36.5 Å². The van der Waals surface area contributed by atoms with E-state index in [1.54, 1.807) is 0 Å². The van der Waals surface area contributed by atoms with Gasteiger partial charge >= 0.3 is 17.9 Å². The van der Waals surface area contributed by atoms with Crippen LogP contribution in [0.2, 0.25) is 0 Å². The molecule has 0 aromatic rings. The first-order chi connectivity index (χ1) is 26.8. The molecule has 1 atom stereocenters. The van der Waals surface area contributed by atoms with Crippen LogP contribution >= 0.6 is 0 Å². The fraction of sp³-hybridized carbons (Fsp3) is 0.812. The lowest BCUT2D eigenvalue weighted by Crippen LogP contribution is -2.18. The molecule has 0 aliphatic carbocycles. The van der Waals surface area contributed by atoms with Gasteiger partial charge in [0, 0.05) is 25.8 Å². The minimum atomic E-state index is -0.101. The molecule has 0 N–H and O–H groups in total. The molecule has 0 radical (unpaired) electrons. The van der Waals surface area contributed by atoms with E-state index in [4.69, 9.17) is 14.2 Å². The Morgan fingerprint density at radius 2 is 1.04 bits per heavy atom. The summed E-state index contributed by atoms with van der Waals surface area (Å²) in [5.74, 6) is 0.132. The molecule has 0 saturated carbocycles. The molecule has 0 spiro atoms. The van der Waals surface area contributed by atoms with Crippen molar-refractivity contribution in [3.8, 4) is 0 Å². The number of nitrogens with zero attached hydrogens (tertiary/aromatic N) is 1. The van der Waals surface area contributed by atoms with Gasteiger partial charge < -0.3 is 19.1 Å². The Balaban J connectivity index is 4.45. The zero-order valence-electron chi connectivity index (χ0n) is 36.6. The molecule has 0 saturated heterocycles. The molecular weight excluding hydrogens is 687 g/mol. The van der Waals surface area contributed by atoms with Crippen molar-refractivity contribution in [2.45, 2.75) is 213 Å². The number of rotatable bonds is 40. The highest BCUT2D eigenvalue weighted by Crippen LogP contribution is 2.23. The normalized spacial score (nSPS) is 12.5. The average molecular weight is 774 g/mol. The molecule has 0 amide bonds. The van der Waals surface area contributed by atoms with Crippen LogP contribution in [0.3, 0.4) is 0 Å². The summed E-state index contributed by atoms with van der Waals surface area (Å²) in [6.45, 7) is 8.31. The predicted molar refractivity (Wildman–Crippen MR) is 232 cm³/mol. The number of unbranched alkanes of at least 4 members (excludes halogenated alkanes) is 14. The standard InChI is InChI=1S/C48H87NO6/c1-6-9-12-15-16-25-32-41-53-46(50)38-30-23-17-21-26-34-44(43-48(52)54-42-33-40-49(4)5)35-27-22-18-24-31-39-47(51)55-45(36-28-19-13-10-7-2)37-29-20-14-11-8-3/h10-11,13-14,25,32,44-45H,6-9,12,15-24,26-31,33-43H2,1-5H3/b13-10+,14-11+,32-25+. The van der Waals surface area contributed by atoms with Crippen molar-refractivity contribution < 1.29 is 28.6 Å². The third-order valence-electron chi connectivity index (χ3n) is 10.1. The van der Waals surface area contributed by atoms with Crippen LogP contribution in [0.4, 0.5) is 0 Å². The lowest BCUT2D eigenvalue weighted by Gasteiger charge is -2.18. The van der Waals surface area contributed by atoms with Gasteiger partial charge in [0.2, 0.25) is 0 Å². The van der Waals surface area contributed by atoms with Gasteiger partial charge in [0.15, 0.2) is 0 Å². The Kier molecular flexibility index (Phi) is 39.4. The smallest absolute Gasteiger partial charge is 0.306 e. The van der Waals surface area contributed by atoms with Gasteiger partial charge in [0.05, 0.1) is 6.61 Å². The van der Waals surface area contributed by atoms with Gasteiger partial charge in [0.1, 0.15) is 12.7 Å². The zero-order chi connectivity index (χ0) is 40.5.